The summed E-state index contributed by atoms with van der Waals surface area (Å²) in [4.78, 5) is 26.8. The number of hydrogen-bond acceptors (Lipinski definition) is 4. The number of nitrogens with zero attached hydrogens (tertiary/aromatic N) is 1. The number of ether oxygens (including phenoxy) is 2. The number of esters is 1. The first-order valence-corrected chi connectivity index (χ1v) is 10.2. The molecule has 164 valence electrons. The first kappa shape index (κ1) is 21.4. The van der Waals surface area contributed by atoms with Crippen LogP contribution in [0.2, 0.25) is 0 Å². The number of methoxy groups -OCH3 is 1. The number of fused-ring (bicyclic) bond motifs is 2. The Labute approximate surface area is 180 Å². The molecule has 0 unspecified atom stereocenters. The van der Waals surface area contributed by atoms with Crippen LogP contribution in [-0.4, -0.2) is 43.1 Å². The minimum absolute atomic E-state index is 0.0235. The Hall–Kier alpha value is -2.80. The molecule has 0 radical (unpaired) electrons. The predicted octanol–water partition coefficient (Wildman–Crippen LogP) is 4.16. The number of allylic oxidation sites excluding steroid dienone is 3. The minimum Gasteiger partial charge on any atom is -0.455 e. The molecule has 0 saturated carbocycles. The molecular formula is C24H25F2NO4. The number of carbonyl (C=O) groups is 2. The van der Waals surface area contributed by atoms with Gasteiger partial charge in [-0.3, -0.25) is 4.79 Å². The second-order valence-electron chi connectivity index (χ2n) is 8.67. The number of benzene rings is 1. The summed E-state index contributed by atoms with van der Waals surface area (Å²) in [5.41, 5.74) is 2.71. The molecular weight excluding hydrogens is 404 g/mol. The van der Waals surface area contributed by atoms with Gasteiger partial charge in [0.05, 0.1) is 5.56 Å². The van der Waals surface area contributed by atoms with E-state index in [1.165, 1.54) is 19.2 Å². The molecule has 1 aromatic rings. The van der Waals surface area contributed by atoms with Gasteiger partial charge in [-0.15, -0.1) is 0 Å². The van der Waals surface area contributed by atoms with Crippen molar-refractivity contribution in [1.82, 2.24) is 4.90 Å². The van der Waals surface area contributed by atoms with Crippen molar-refractivity contribution in [2.75, 3.05) is 14.2 Å². The van der Waals surface area contributed by atoms with Gasteiger partial charge in [-0.05, 0) is 48.8 Å². The molecule has 0 fully saturated rings. The molecule has 2 aliphatic carbocycles. The fraction of sp³-hybridized carbons (Fsp3) is 0.417. The molecule has 3 aliphatic rings. The van der Waals surface area contributed by atoms with E-state index in [1.807, 2.05) is 26.0 Å². The van der Waals surface area contributed by atoms with Crippen LogP contribution in [0.1, 0.15) is 37.6 Å². The van der Waals surface area contributed by atoms with E-state index in [4.69, 9.17) is 9.47 Å². The molecule has 1 aliphatic heterocycles. The molecule has 31 heavy (non-hydrogen) atoms. The van der Waals surface area contributed by atoms with Crippen molar-refractivity contribution in [1.29, 1.82) is 0 Å². The van der Waals surface area contributed by atoms with E-state index in [9.17, 15) is 18.4 Å². The molecule has 0 spiro atoms. The average Bonchev–Trinajstić information content (AvgIpc) is 2.94. The van der Waals surface area contributed by atoms with Gasteiger partial charge in [0.2, 0.25) is 0 Å². The van der Waals surface area contributed by atoms with E-state index in [0.717, 1.165) is 22.9 Å². The summed E-state index contributed by atoms with van der Waals surface area (Å²) >= 11 is 0. The molecule has 7 heteroatoms. The number of likely N-dealkylation sites (N-methyl/N-ethyl adjacent to an activating group) is 1. The van der Waals surface area contributed by atoms with E-state index in [-0.39, 0.29) is 11.8 Å². The van der Waals surface area contributed by atoms with Crippen molar-refractivity contribution in [2.45, 2.75) is 39.4 Å². The summed E-state index contributed by atoms with van der Waals surface area (Å²) in [5, 5.41) is 0. The van der Waals surface area contributed by atoms with Gasteiger partial charge in [0.25, 0.3) is 5.91 Å². The number of carbonyl (C=O) groups excluding carboxylic acids is 2. The van der Waals surface area contributed by atoms with Gasteiger partial charge in [0.1, 0.15) is 12.2 Å². The van der Waals surface area contributed by atoms with Crippen LogP contribution >= 0.6 is 0 Å². The van der Waals surface area contributed by atoms with Gasteiger partial charge in [0, 0.05) is 36.8 Å². The van der Waals surface area contributed by atoms with E-state index in [0.29, 0.717) is 12.0 Å². The van der Waals surface area contributed by atoms with Crippen LogP contribution in [0.25, 0.3) is 0 Å². The van der Waals surface area contributed by atoms with Gasteiger partial charge in [-0.25, -0.2) is 13.6 Å². The van der Waals surface area contributed by atoms with Crippen molar-refractivity contribution in [3.8, 4) is 0 Å². The Kier molecular flexibility index (Phi) is 5.12. The minimum atomic E-state index is -1.23. The highest BCUT2D eigenvalue weighted by atomic mass is 19.2. The van der Waals surface area contributed by atoms with Crippen molar-refractivity contribution in [3.63, 3.8) is 0 Å². The highest BCUT2D eigenvalue weighted by molar-refractivity contribution is 6.00. The second kappa shape index (κ2) is 7.41. The molecule has 1 aromatic carbocycles. The third kappa shape index (κ3) is 3.14. The average molecular weight is 429 g/mol. The number of halogens is 2. The quantitative estimate of drug-likeness (QED) is 0.677. The fourth-order valence-electron chi connectivity index (χ4n) is 4.87. The standard InChI is InChI=1S/C24H25F2NO4/c1-12-16-11-24(3)13(2)21(31-23(29)15-7-6-8-17(25)20(15)26)19(30-5)10-14(24)9-18(16)27(4)22(12)28/h6-10,13,19,21H,11H2,1-5H3/t13-,19+,21+,24+/m0/s1. The summed E-state index contributed by atoms with van der Waals surface area (Å²) in [7, 11) is 3.27. The van der Waals surface area contributed by atoms with E-state index < -0.39 is 40.8 Å². The van der Waals surface area contributed by atoms with Crippen molar-refractivity contribution < 1.29 is 27.8 Å². The SMILES string of the molecule is CO[C@@H]1C=C2C=C3C(=C(C)C(=O)N3C)C[C@]2(C)[C@@H](C)[C@H]1OC(=O)c1cccc(F)c1F. The molecule has 0 saturated heterocycles. The number of rotatable bonds is 3. The molecule has 1 amide bonds. The highest BCUT2D eigenvalue weighted by Crippen LogP contribution is 2.54. The Morgan fingerprint density at radius 3 is 2.68 bits per heavy atom. The third-order valence-corrected chi connectivity index (χ3v) is 7.10. The van der Waals surface area contributed by atoms with Gasteiger partial charge < -0.3 is 14.4 Å². The van der Waals surface area contributed by atoms with Crippen LogP contribution < -0.4 is 0 Å². The van der Waals surface area contributed by atoms with Crippen LogP contribution in [-0.2, 0) is 14.3 Å². The molecule has 0 N–H and O–H groups in total. The lowest BCUT2D eigenvalue weighted by Crippen LogP contribution is -2.49. The summed E-state index contributed by atoms with van der Waals surface area (Å²) in [6.07, 6.45) is 3.23. The van der Waals surface area contributed by atoms with Crippen molar-refractivity contribution in [3.05, 3.63) is 70.0 Å². The summed E-state index contributed by atoms with van der Waals surface area (Å²) in [5.74, 6) is -3.51. The van der Waals surface area contributed by atoms with E-state index in [1.54, 1.807) is 11.9 Å². The van der Waals surface area contributed by atoms with Gasteiger partial charge >= 0.3 is 5.97 Å². The van der Waals surface area contributed by atoms with Crippen LogP contribution in [0.3, 0.4) is 0 Å². The maximum atomic E-state index is 14.1. The Bertz CT molecular complexity index is 1070. The van der Waals surface area contributed by atoms with Crippen LogP contribution in [0.4, 0.5) is 8.78 Å². The smallest absolute Gasteiger partial charge is 0.341 e. The first-order chi connectivity index (χ1) is 14.6. The zero-order valence-electron chi connectivity index (χ0n) is 18.2. The molecule has 0 aromatic heterocycles. The number of amides is 1. The topological polar surface area (TPSA) is 55.8 Å². The van der Waals surface area contributed by atoms with Gasteiger partial charge in [-0.2, -0.15) is 0 Å². The molecule has 0 bridgehead atoms. The van der Waals surface area contributed by atoms with E-state index in [2.05, 4.69) is 6.92 Å². The second-order valence-corrected chi connectivity index (χ2v) is 8.67. The van der Waals surface area contributed by atoms with Crippen molar-refractivity contribution in [2.24, 2.45) is 11.3 Å². The summed E-state index contributed by atoms with van der Waals surface area (Å²) in [6, 6.07) is 3.41. The lowest BCUT2D eigenvalue weighted by molar-refractivity contribution is -0.123. The predicted molar refractivity (Wildman–Crippen MR) is 110 cm³/mol. The summed E-state index contributed by atoms with van der Waals surface area (Å²) in [6.45, 7) is 5.84. The van der Waals surface area contributed by atoms with Crippen molar-refractivity contribution >= 4 is 11.9 Å². The monoisotopic (exact) mass is 429 g/mol. The fourth-order valence-corrected chi connectivity index (χ4v) is 4.87. The Balaban J connectivity index is 1.71. The lowest BCUT2D eigenvalue weighted by atomic mass is 9.59. The zero-order valence-corrected chi connectivity index (χ0v) is 18.2. The Morgan fingerprint density at radius 1 is 1.29 bits per heavy atom. The number of hydrogen-bond donors (Lipinski definition) is 0. The summed E-state index contributed by atoms with van der Waals surface area (Å²) < 4.78 is 39.0. The molecule has 5 nitrogen and oxygen atoms in total. The Morgan fingerprint density at radius 2 is 2.00 bits per heavy atom. The normalized spacial score (nSPS) is 30.0. The van der Waals surface area contributed by atoms with Crippen LogP contribution in [0.15, 0.2) is 52.8 Å². The first-order valence-electron chi connectivity index (χ1n) is 10.2. The van der Waals surface area contributed by atoms with Crippen LogP contribution in [0, 0.1) is 23.0 Å². The zero-order chi connectivity index (χ0) is 22.7. The molecule has 4 rings (SSSR count). The van der Waals surface area contributed by atoms with Crippen LogP contribution in [0.5, 0.6) is 0 Å². The maximum absolute atomic E-state index is 14.1. The van der Waals surface area contributed by atoms with Gasteiger partial charge in [0.15, 0.2) is 11.6 Å². The maximum Gasteiger partial charge on any atom is 0.341 e. The third-order valence-electron chi connectivity index (χ3n) is 7.10. The highest BCUT2D eigenvalue weighted by Gasteiger charge is 2.51. The lowest BCUT2D eigenvalue weighted by Gasteiger charge is -2.48. The largest absolute Gasteiger partial charge is 0.455 e. The molecule has 1 heterocycles. The van der Waals surface area contributed by atoms with Gasteiger partial charge in [-0.1, -0.05) is 19.9 Å². The van der Waals surface area contributed by atoms with E-state index >= 15 is 0 Å². The molecule has 4 atom stereocenters.